The van der Waals surface area contributed by atoms with E-state index in [-0.39, 0.29) is 12.1 Å². The van der Waals surface area contributed by atoms with Gasteiger partial charge in [-0.3, -0.25) is 4.79 Å². The first-order chi connectivity index (χ1) is 12.5. The molecule has 1 saturated carbocycles. The summed E-state index contributed by atoms with van der Waals surface area (Å²) in [6, 6.07) is 6.17. The molecule has 1 fully saturated rings. The van der Waals surface area contributed by atoms with Crippen molar-refractivity contribution < 1.29 is 13.6 Å². The average molecular weight is 355 g/mol. The zero-order chi connectivity index (χ0) is 18.3. The number of rotatable bonds is 5. The molecule has 26 heavy (non-hydrogen) atoms. The Bertz CT molecular complexity index is 974. The molecule has 1 aliphatic rings. The fraction of sp³-hybridized carbons (Fsp3) is 0.333. The number of aromatic nitrogens is 4. The second-order valence-corrected chi connectivity index (χ2v) is 6.50. The van der Waals surface area contributed by atoms with E-state index in [1.165, 1.54) is 10.7 Å². The maximum absolute atomic E-state index is 14.5. The van der Waals surface area contributed by atoms with Crippen molar-refractivity contribution in [1.82, 2.24) is 25.3 Å². The fourth-order valence-corrected chi connectivity index (χ4v) is 2.78. The first-order valence-corrected chi connectivity index (χ1v) is 8.45. The minimum Gasteiger partial charge on any atom is -0.423 e. The Hall–Kier alpha value is -3.03. The van der Waals surface area contributed by atoms with Crippen LogP contribution in [0.3, 0.4) is 0 Å². The highest BCUT2D eigenvalue weighted by Crippen LogP contribution is 2.38. The molecule has 1 aromatic carbocycles. The second kappa shape index (κ2) is 6.36. The molecule has 1 amide bonds. The lowest BCUT2D eigenvalue weighted by Crippen LogP contribution is -2.23. The van der Waals surface area contributed by atoms with Gasteiger partial charge in [-0.15, -0.1) is 10.2 Å². The van der Waals surface area contributed by atoms with E-state index in [0.29, 0.717) is 23.4 Å². The van der Waals surface area contributed by atoms with Crippen LogP contribution in [0, 0.1) is 19.7 Å². The monoisotopic (exact) mass is 355 g/mol. The SMILES string of the molecule is Cc1cc(C)n(-c2ccc(C(=O)NCc3nnc(C4CC4)o3)cc2F)n1. The Morgan fingerprint density at radius 2 is 2.12 bits per heavy atom. The third kappa shape index (κ3) is 3.22. The predicted octanol–water partition coefficient (Wildman–Crippen LogP) is 2.82. The molecule has 2 aromatic heterocycles. The normalized spacial score (nSPS) is 13.8. The van der Waals surface area contributed by atoms with Crippen molar-refractivity contribution in [3.63, 3.8) is 0 Å². The third-order valence-electron chi connectivity index (χ3n) is 4.26. The topological polar surface area (TPSA) is 85.8 Å². The number of carbonyl (C=O) groups is 1. The number of hydrogen-bond acceptors (Lipinski definition) is 5. The summed E-state index contributed by atoms with van der Waals surface area (Å²) in [6.45, 7) is 3.80. The van der Waals surface area contributed by atoms with Crippen LogP contribution in [-0.2, 0) is 6.54 Å². The summed E-state index contributed by atoms with van der Waals surface area (Å²) in [5.41, 5.74) is 2.14. The lowest BCUT2D eigenvalue weighted by molar-refractivity contribution is 0.0946. The number of aryl methyl sites for hydroxylation is 2. The molecular formula is C18H18FN5O2. The van der Waals surface area contributed by atoms with Gasteiger partial charge in [0, 0.05) is 17.2 Å². The molecule has 8 heteroatoms. The highest BCUT2D eigenvalue weighted by molar-refractivity contribution is 5.94. The molecule has 0 atom stereocenters. The van der Waals surface area contributed by atoms with Crippen LogP contribution in [0.2, 0.25) is 0 Å². The lowest BCUT2D eigenvalue weighted by Gasteiger charge is -2.08. The van der Waals surface area contributed by atoms with Crippen LogP contribution in [0.5, 0.6) is 0 Å². The van der Waals surface area contributed by atoms with E-state index in [4.69, 9.17) is 4.42 Å². The maximum Gasteiger partial charge on any atom is 0.251 e. The van der Waals surface area contributed by atoms with Gasteiger partial charge in [-0.1, -0.05) is 0 Å². The Morgan fingerprint density at radius 3 is 2.77 bits per heavy atom. The van der Waals surface area contributed by atoms with Gasteiger partial charge in [0.15, 0.2) is 0 Å². The number of nitrogens with zero attached hydrogens (tertiary/aromatic N) is 4. The second-order valence-electron chi connectivity index (χ2n) is 6.50. The minimum absolute atomic E-state index is 0.110. The van der Waals surface area contributed by atoms with Gasteiger partial charge in [-0.2, -0.15) is 5.10 Å². The van der Waals surface area contributed by atoms with Gasteiger partial charge < -0.3 is 9.73 Å². The van der Waals surface area contributed by atoms with E-state index in [1.807, 2.05) is 19.9 Å². The van der Waals surface area contributed by atoms with Crippen LogP contribution in [0.15, 0.2) is 28.7 Å². The van der Waals surface area contributed by atoms with Crippen molar-refractivity contribution in [2.45, 2.75) is 39.2 Å². The summed E-state index contributed by atoms with van der Waals surface area (Å²) >= 11 is 0. The highest BCUT2D eigenvalue weighted by Gasteiger charge is 2.29. The number of benzene rings is 1. The van der Waals surface area contributed by atoms with E-state index in [1.54, 1.807) is 12.1 Å². The molecule has 3 aromatic rings. The summed E-state index contributed by atoms with van der Waals surface area (Å²) in [6.07, 6.45) is 2.13. The Balaban J connectivity index is 1.45. The first-order valence-electron chi connectivity index (χ1n) is 8.45. The Kier molecular flexibility index (Phi) is 4.02. The summed E-state index contributed by atoms with van der Waals surface area (Å²) in [5, 5.41) is 14.8. The maximum atomic E-state index is 14.5. The molecule has 2 heterocycles. The summed E-state index contributed by atoms with van der Waals surface area (Å²) in [4.78, 5) is 12.3. The molecule has 4 rings (SSSR count). The van der Waals surface area contributed by atoms with Crippen molar-refractivity contribution in [2.24, 2.45) is 0 Å². The zero-order valence-corrected chi connectivity index (χ0v) is 14.5. The van der Waals surface area contributed by atoms with Gasteiger partial charge in [0.2, 0.25) is 11.8 Å². The lowest BCUT2D eigenvalue weighted by atomic mass is 10.2. The molecular weight excluding hydrogens is 337 g/mol. The molecule has 0 unspecified atom stereocenters. The Labute approximate surface area is 149 Å². The smallest absolute Gasteiger partial charge is 0.251 e. The van der Waals surface area contributed by atoms with Gasteiger partial charge >= 0.3 is 0 Å². The number of hydrogen-bond donors (Lipinski definition) is 1. The molecule has 0 radical (unpaired) electrons. The van der Waals surface area contributed by atoms with Crippen molar-refractivity contribution in [2.75, 3.05) is 0 Å². The van der Waals surface area contributed by atoms with Crippen molar-refractivity contribution >= 4 is 5.91 Å². The predicted molar refractivity (Wildman–Crippen MR) is 90.4 cm³/mol. The molecule has 0 saturated heterocycles. The molecule has 1 aliphatic carbocycles. The van der Waals surface area contributed by atoms with Crippen LogP contribution in [0.4, 0.5) is 4.39 Å². The highest BCUT2D eigenvalue weighted by atomic mass is 19.1. The van der Waals surface area contributed by atoms with E-state index >= 15 is 0 Å². The van der Waals surface area contributed by atoms with Gasteiger partial charge in [0.05, 0.1) is 12.2 Å². The minimum atomic E-state index is -0.516. The van der Waals surface area contributed by atoms with Crippen molar-refractivity contribution in [1.29, 1.82) is 0 Å². The van der Waals surface area contributed by atoms with Gasteiger partial charge in [0.25, 0.3) is 5.91 Å². The molecule has 0 spiro atoms. The number of nitrogens with one attached hydrogen (secondary N) is 1. The van der Waals surface area contributed by atoms with Gasteiger partial charge in [0.1, 0.15) is 11.5 Å². The van der Waals surface area contributed by atoms with Gasteiger partial charge in [-0.05, 0) is 51.0 Å². The summed E-state index contributed by atoms with van der Waals surface area (Å²) in [5.74, 6) is 0.408. The fourth-order valence-electron chi connectivity index (χ4n) is 2.78. The molecule has 0 aliphatic heterocycles. The number of carbonyl (C=O) groups excluding carboxylic acids is 1. The van der Waals surface area contributed by atoms with Crippen LogP contribution in [0.1, 0.15) is 52.3 Å². The largest absolute Gasteiger partial charge is 0.423 e. The van der Waals surface area contributed by atoms with Crippen LogP contribution >= 0.6 is 0 Å². The van der Waals surface area contributed by atoms with Crippen LogP contribution < -0.4 is 5.32 Å². The Morgan fingerprint density at radius 1 is 1.31 bits per heavy atom. The summed E-state index contributed by atoms with van der Waals surface area (Å²) in [7, 11) is 0. The van der Waals surface area contributed by atoms with Crippen LogP contribution in [0.25, 0.3) is 5.69 Å². The third-order valence-corrected chi connectivity index (χ3v) is 4.26. The van der Waals surface area contributed by atoms with Crippen molar-refractivity contribution in [3.8, 4) is 5.69 Å². The summed E-state index contributed by atoms with van der Waals surface area (Å²) < 4.78 is 21.5. The average Bonchev–Trinajstić information content (AvgIpc) is 3.26. The van der Waals surface area contributed by atoms with Gasteiger partial charge in [-0.25, -0.2) is 9.07 Å². The number of halogens is 1. The molecule has 7 nitrogen and oxygen atoms in total. The van der Waals surface area contributed by atoms with Crippen LogP contribution in [-0.4, -0.2) is 25.9 Å². The van der Waals surface area contributed by atoms with E-state index in [2.05, 4.69) is 20.6 Å². The van der Waals surface area contributed by atoms with Crippen molar-refractivity contribution in [3.05, 3.63) is 58.8 Å². The quantitative estimate of drug-likeness (QED) is 0.761. The molecule has 134 valence electrons. The first kappa shape index (κ1) is 16.4. The van der Waals surface area contributed by atoms with E-state index < -0.39 is 11.7 Å². The standard InChI is InChI=1S/C18H18FN5O2/c1-10-7-11(2)24(23-10)15-6-5-13(8-14(15)19)17(25)20-9-16-21-22-18(26-16)12-3-4-12/h5-8,12H,3-4,9H2,1-2H3,(H,20,25). The molecule has 0 bridgehead atoms. The van der Waals surface area contributed by atoms with E-state index in [0.717, 1.165) is 24.2 Å². The molecule has 1 N–H and O–H groups in total. The number of amides is 1. The van der Waals surface area contributed by atoms with E-state index in [9.17, 15) is 9.18 Å². The zero-order valence-electron chi connectivity index (χ0n) is 14.5.